The second kappa shape index (κ2) is 9.25. The number of halogens is 1. The zero-order valence-electron chi connectivity index (χ0n) is 19.1. The van der Waals surface area contributed by atoms with Gasteiger partial charge in [-0.1, -0.05) is 30.3 Å². The number of para-hydroxylation sites is 1. The molecule has 3 heterocycles. The minimum absolute atomic E-state index is 0.0262. The molecule has 0 spiro atoms. The van der Waals surface area contributed by atoms with Gasteiger partial charge in [0, 0.05) is 36.4 Å². The van der Waals surface area contributed by atoms with Gasteiger partial charge in [-0.05, 0) is 61.9 Å². The highest BCUT2D eigenvalue weighted by molar-refractivity contribution is 5.89. The van der Waals surface area contributed by atoms with Crippen LogP contribution in [0.5, 0.6) is 0 Å². The van der Waals surface area contributed by atoms with Gasteiger partial charge >= 0.3 is 5.97 Å². The largest absolute Gasteiger partial charge is 0.478 e. The fraction of sp³-hybridized carbons (Fsp3) is 0.296. The first-order valence-corrected chi connectivity index (χ1v) is 11.7. The highest BCUT2D eigenvalue weighted by Gasteiger charge is 2.29. The predicted octanol–water partition coefficient (Wildman–Crippen LogP) is 5.42. The lowest BCUT2D eigenvalue weighted by molar-refractivity contribution is 0.0694. The van der Waals surface area contributed by atoms with Crippen LogP contribution in [0.15, 0.2) is 60.9 Å². The molecule has 2 aromatic heterocycles. The number of benzene rings is 2. The van der Waals surface area contributed by atoms with Crippen LogP contribution in [0.25, 0.3) is 10.9 Å². The molecule has 0 aliphatic carbocycles. The molecule has 0 unspecified atom stereocenters. The number of nitrogens with zero attached hydrogens (tertiary/aromatic N) is 4. The average molecular weight is 459 g/mol. The summed E-state index contributed by atoms with van der Waals surface area (Å²) in [4.78, 5) is 23.1. The fourth-order valence-electron chi connectivity index (χ4n) is 5.02. The van der Waals surface area contributed by atoms with E-state index in [0.29, 0.717) is 24.5 Å². The van der Waals surface area contributed by atoms with E-state index >= 15 is 0 Å². The normalized spacial score (nSPS) is 15.8. The van der Waals surface area contributed by atoms with Crippen LogP contribution in [-0.2, 0) is 19.4 Å². The van der Waals surface area contributed by atoms with Crippen molar-refractivity contribution < 1.29 is 14.3 Å². The number of anilines is 1. The van der Waals surface area contributed by atoms with Crippen LogP contribution in [0.2, 0.25) is 0 Å². The van der Waals surface area contributed by atoms with Crippen LogP contribution < -0.4 is 4.90 Å². The molecule has 7 heteroatoms. The van der Waals surface area contributed by atoms with Gasteiger partial charge in [0.05, 0.1) is 17.3 Å². The Morgan fingerprint density at radius 3 is 2.82 bits per heavy atom. The van der Waals surface area contributed by atoms with Gasteiger partial charge < -0.3 is 14.6 Å². The molecule has 6 nitrogen and oxygen atoms in total. The van der Waals surface area contributed by atoms with Gasteiger partial charge in [0.25, 0.3) is 0 Å². The average Bonchev–Trinajstić information content (AvgIpc) is 3.48. The molecule has 0 radical (unpaired) electrons. The summed E-state index contributed by atoms with van der Waals surface area (Å²) in [6, 6.07) is 14.9. The van der Waals surface area contributed by atoms with Gasteiger partial charge in [0.1, 0.15) is 5.82 Å². The van der Waals surface area contributed by atoms with E-state index in [1.165, 1.54) is 28.7 Å². The number of carboxylic acid groups (broad SMARTS) is 1. The van der Waals surface area contributed by atoms with Gasteiger partial charge in [-0.2, -0.15) is 0 Å². The molecular weight excluding hydrogens is 431 g/mol. The molecule has 0 bridgehead atoms. The number of hydrogen-bond acceptors (Lipinski definition) is 4. The molecule has 1 aliphatic rings. The zero-order chi connectivity index (χ0) is 23.7. The first kappa shape index (κ1) is 22.1. The zero-order valence-corrected chi connectivity index (χ0v) is 19.1. The second-order valence-electron chi connectivity index (χ2n) is 8.70. The topological polar surface area (TPSA) is 71.2 Å². The van der Waals surface area contributed by atoms with Crippen LogP contribution in [-0.4, -0.2) is 32.2 Å². The molecule has 5 rings (SSSR count). The summed E-state index contributed by atoms with van der Waals surface area (Å²) in [5.74, 6) is -0.790. The molecule has 1 saturated heterocycles. The van der Waals surface area contributed by atoms with Crippen molar-refractivity contribution in [2.24, 2.45) is 0 Å². The molecule has 2 aromatic carbocycles. The Bertz CT molecular complexity index is 1350. The number of carboxylic acids is 1. The van der Waals surface area contributed by atoms with Gasteiger partial charge in [0.15, 0.2) is 0 Å². The van der Waals surface area contributed by atoms with Crippen molar-refractivity contribution in [1.82, 2.24) is 14.5 Å². The number of aryl methyl sites for hydroxylation is 3. The van der Waals surface area contributed by atoms with E-state index < -0.39 is 5.97 Å². The summed E-state index contributed by atoms with van der Waals surface area (Å²) >= 11 is 0. The Morgan fingerprint density at radius 2 is 2.03 bits per heavy atom. The van der Waals surface area contributed by atoms with Crippen molar-refractivity contribution in [3.8, 4) is 0 Å². The molecule has 0 saturated carbocycles. The smallest absolute Gasteiger partial charge is 0.339 e. The summed E-state index contributed by atoms with van der Waals surface area (Å²) in [6.07, 6.45) is 6.55. The summed E-state index contributed by atoms with van der Waals surface area (Å²) < 4.78 is 16.0. The minimum Gasteiger partial charge on any atom is -0.478 e. The van der Waals surface area contributed by atoms with Crippen molar-refractivity contribution in [3.63, 3.8) is 0 Å². The SMILES string of the molecule is CCn1cc(CCc2nc(N3CCC[C@@H]3c3cccc(F)c3)ncc2C(=O)O)c2ccccc21. The number of carbonyl (C=O) groups is 1. The Labute approximate surface area is 197 Å². The highest BCUT2D eigenvalue weighted by atomic mass is 19.1. The molecule has 34 heavy (non-hydrogen) atoms. The van der Waals surface area contributed by atoms with Crippen LogP contribution in [0, 0.1) is 5.82 Å². The fourth-order valence-corrected chi connectivity index (χ4v) is 5.02. The van der Waals surface area contributed by atoms with E-state index in [4.69, 9.17) is 4.98 Å². The molecule has 1 N–H and O–H groups in total. The molecule has 1 fully saturated rings. The standard InChI is InChI=1S/C27H27FN4O2/c1-2-31-17-19(21-9-3-4-10-25(21)31)12-13-23-22(26(33)34)16-29-27(30-23)32-14-6-11-24(32)18-7-5-8-20(28)15-18/h3-5,7-10,15-17,24H,2,6,11-14H2,1H3,(H,33,34)/t24-/m1/s1. The summed E-state index contributed by atoms with van der Waals surface area (Å²) in [5.41, 5.74) is 3.89. The summed E-state index contributed by atoms with van der Waals surface area (Å²) in [5, 5.41) is 10.9. The van der Waals surface area contributed by atoms with E-state index in [1.807, 2.05) is 18.2 Å². The Kier molecular flexibility index (Phi) is 6.01. The van der Waals surface area contributed by atoms with E-state index in [0.717, 1.165) is 31.5 Å². The van der Waals surface area contributed by atoms with Crippen LogP contribution in [0.3, 0.4) is 0 Å². The third-order valence-corrected chi connectivity index (χ3v) is 6.67. The third kappa shape index (κ3) is 4.14. The van der Waals surface area contributed by atoms with Crippen molar-refractivity contribution in [3.05, 3.63) is 89.1 Å². The third-order valence-electron chi connectivity index (χ3n) is 6.67. The molecule has 1 aliphatic heterocycles. The first-order chi connectivity index (χ1) is 16.5. The molecule has 174 valence electrons. The molecule has 4 aromatic rings. The number of rotatable bonds is 7. The summed E-state index contributed by atoms with van der Waals surface area (Å²) in [7, 11) is 0. The van der Waals surface area contributed by atoms with Crippen LogP contribution in [0.1, 0.15) is 53.0 Å². The van der Waals surface area contributed by atoms with Gasteiger partial charge in [-0.25, -0.2) is 19.2 Å². The number of hydrogen-bond donors (Lipinski definition) is 1. The maximum atomic E-state index is 13.8. The lowest BCUT2D eigenvalue weighted by atomic mass is 10.0. The first-order valence-electron chi connectivity index (χ1n) is 11.7. The van der Waals surface area contributed by atoms with E-state index in [1.54, 1.807) is 12.1 Å². The minimum atomic E-state index is -1.03. The number of fused-ring (bicyclic) bond motifs is 1. The van der Waals surface area contributed by atoms with E-state index in [2.05, 4.69) is 39.7 Å². The lowest BCUT2D eigenvalue weighted by Crippen LogP contribution is -2.25. The second-order valence-corrected chi connectivity index (χ2v) is 8.70. The van der Waals surface area contributed by atoms with Gasteiger partial charge in [0.2, 0.25) is 5.95 Å². The molecule has 0 amide bonds. The Balaban J connectivity index is 1.45. The monoisotopic (exact) mass is 458 g/mol. The highest BCUT2D eigenvalue weighted by Crippen LogP contribution is 2.35. The number of aromatic nitrogens is 3. The summed E-state index contributed by atoms with van der Waals surface area (Å²) in [6.45, 7) is 3.73. The Morgan fingerprint density at radius 1 is 1.18 bits per heavy atom. The van der Waals surface area contributed by atoms with Crippen molar-refractivity contribution in [2.45, 2.75) is 45.2 Å². The maximum Gasteiger partial charge on any atom is 0.339 e. The quantitative estimate of drug-likeness (QED) is 0.401. The van der Waals surface area contributed by atoms with E-state index in [9.17, 15) is 14.3 Å². The molecule has 1 atom stereocenters. The predicted molar refractivity (Wildman–Crippen MR) is 130 cm³/mol. The van der Waals surface area contributed by atoms with Crippen LogP contribution in [0.4, 0.5) is 10.3 Å². The maximum absolute atomic E-state index is 13.8. The lowest BCUT2D eigenvalue weighted by Gasteiger charge is -2.25. The Hall–Kier alpha value is -3.74. The van der Waals surface area contributed by atoms with Crippen molar-refractivity contribution >= 4 is 22.8 Å². The van der Waals surface area contributed by atoms with Gasteiger partial charge in [-0.3, -0.25) is 0 Å². The van der Waals surface area contributed by atoms with E-state index in [-0.39, 0.29) is 17.4 Å². The van der Waals surface area contributed by atoms with Crippen molar-refractivity contribution in [2.75, 3.05) is 11.4 Å². The van der Waals surface area contributed by atoms with Crippen LogP contribution >= 0.6 is 0 Å². The van der Waals surface area contributed by atoms with Gasteiger partial charge in [-0.15, -0.1) is 0 Å². The van der Waals surface area contributed by atoms with Crippen molar-refractivity contribution in [1.29, 1.82) is 0 Å². The molecular formula is C27H27FN4O2. The number of aromatic carboxylic acids is 1.